The Labute approximate surface area is 159 Å². The predicted octanol–water partition coefficient (Wildman–Crippen LogP) is 4.14. The van der Waals surface area contributed by atoms with Gasteiger partial charge in [0.1, 0.15) is 10.4 Å². The van der Waals surface area contributed by atoms with E-state index < -0.39 is 0 Å². The summed E-state index contributed by atoms with van der Waals surface area (Å²) in [6.07, 6.45) is 3.42. The van der Waals surface area contributed by atoms with Crippen LogP contribution in [-0.2, 0) is 0 Å². The fourth-order valence-electron chi connectivity index (χ4n) is 2.63. The molecule has 0 saturated heterocycles. The quantitative estimate of drug-likeness (QED) is 0.564. The molecule has 0 aliphatic rings. The van der Waals surface area contributed by atoms with Crippen LogP contribution in [0.4, 0.5) is 0 Å². The topological polar surface area (TPSA) is 80.8 Å². The van der Waals surface area contributed by atoms with Crippen LogP contribution < -0.4 is 10.3 Å². The average molecular weight is 378 g/mol. The SMILES string of the molecule is CC(C)COc1ccc(-c2csc3c(=O)[nH]c(-c4ccccn4)nc23)cn1. The summed E-state index contributed by atoms with van der Waals surface area (Å²) in [6.45, 7) is 4.81. The van der Waals surface area contributed by atoms with E-state index >= 15 is 0 Å². The third kappa shape index (κ3) is 3.59. The second kappa shape index (κ2) is 7.28. The number of ether oxygens (including phenoxy) is 1. The highest BCUT2D eigenvalue weighted by Gasteiger charge is 2.14. The highest BCUT2D eigenvalue weighted by molar-refractivity contribution is 7.17. The van der Waals surface area contributed by atoms with Gasteiger partial charge in [0.15, 0.2) is 5.82 Å². The first-order chi connectivity index (χ1) is 13.1. The molecule has 6 nitrogen and oxygen atoms in total. The lowest BCUT2D eigenvalue weighted by molar-refractivity contribution is 0.261. The van der Waals surface area contributed by atoms with Crippen molar-refractivity contribution in [1.82, 2.24) is 19.9 Å². The molecular weight excluding hydrogens is 360 g/mol. The Balaban J connectivity index is 1.74. The summed E-state index contributed by atoms with van der Waals surface area (Å²) in [5, 5.41) is 1.93. The van der Waals surface area contributed by atoms with Gasteiger partial charge < -0.3 is 9.72 Å². The molecule has 4 aromatic rings. The van der Waals surface area contributed by atoms with Crippen LogP contribution in [0.25, 0.3) is 32.9 Å². The molecule has 27 heavy (non-hydrogen) atoms. The molecule has 4 heterocycles. The zero-order chi connectivity index (χ0) is 18.8. The Hall–Kier alpha value is -3.06. The molecule has 0 bridgehead atoms. The van der Waals surface area contributed by atoms with Crippen molar-refractivity contribution in [3.8, 4) is 28.5 Å². The minimum absolute atomic E-state index is 0.165. The van der Waals surface area contributed by atoms with Crippen LogP contribution in [-0.4, -0.2) is 26.5 Å². The summed E-state index contributed by atoms with van der Waals surface area (Å²) in [7, 11) is 0. The Kier molecular flexibility index (Phi) is 4.68. The van der Waals surface area contributed by atoms with Gasteiger partial charge in [-0.3, -0.25) is 9.78 Å². The van der Waals surface area contributed by atoms with Crippen molar-refractivity contribution < 1.29 is 4.74 Å². The van der Waals surface area contributed by atoms with E-state index in [1.807, 2.05) is 35.7 Å². The van der Waals surface area contributed by atoms with E-state index in [0.29, 0.717) is 40.1 Å². The Bertz CT molecular complexity index is 1120. The maximum atomic E-state index is 12.5. The van der Waals surface area contributed by atoms with Gasteiger partial charge in [-0.25, -0.2) is 9.97 Å². The van der Waals surface area contributed by atoms with E-state index in [1.165, 1.54) is 11.3 Å². The monoisotopic (exact) mass is 378 g/mol. The number of pyridine rings is 2. The molecule has 4 aromatic heterocycles. The smallest absolute Gasteiger partial charge is 0.269 e. The van der Waals surface area contributed by atoms with E-state index in [1.54, 1.807) is 12.4 Å². The third-order valence-corrected chi connectivity index (χ3v) is 4.91. The molecule has 0 aromatic carbocycles. The first-order valence-electron chi connectivity index (χ1n) is 8.64. The highest BCUT2D eigenvalue weighted by atomic mass is 32.1. The maximum Gasteiger partial charge on any atom is 0.269 e. The average Bonchev–Trinajstić information content (AvgIpc) is 3.12. The number of aromatic nitrogens is 4. The molecule has 0 unspecified atom stereocenters. The largest absolute Gasteiger partial charge is 0.477 e. The number of rotatable bonds is 5. The van der Waals surface area contributed by atoms with Gasteiger partial charge in [0.25, 0.3) is 5.56 Å². The summed E-state index contributed by atoms with van der Waals surface area (Å²) in [5.41, 5.74) is 2.89. The zero-order valence-corrected chi connectivity index (χ0v) is 15.8. The van der Waals surface area contributed by atoms with Crippen molar-refractivity contribution in [1.29, 1.82) is 0 Å². The number of nitrogens with zero attached hydrogens (tertiary/aromatic N) is 3. The zero-order valence-electron chi connectivity index (χ0n) is 15.0. The summed E-state index contributed by atoms with van der Waals surface area (Å²) >= 11 is 1.37. The molecule has 136 valence electrons. The molecular formula is C20H18N4O2S. The fraction of sp³-hybridized carbons (Fsp3) is 0.200. The van der Waals surface area contributed by atoms with Crippen molar-refractivity contribution in [3.05, 3.63) is 58.5 Å². The lowest BCUT2D eigenvalue weighted by atomic mass is 10.1. The summed E-state index contributed by atoms with van der Waals surface area (Å²) < 4.78 is 6.22. The normalized spacial score (nSPS) is 11.2. The van der Waals surface area contributed by atoms with Gasteiger partial charge in [0.05, 0.1) is 12.1 Å². The molecule has 4 rings (SSSR count). The van der Waals surface area contributed by atoms with Crippen molar-refractivity contribution in [3.63, 3.8) is 0 Å². The predicted molar refractivity (Wildman–Crippen MR) is 107 cm³/mol. The van der Waals surface area contributed by atoms with Crippen LogP contribution in [0.3, 0.4) is 0 Å². The number of fused-ring (bicyclic) bond motifs is 1. The van der Waals surface area contributed by atoms with E-state index in [0.717, 1.165) is 11.1 Å². The van der Waals surface area contributed by atoms with E-state index in [9.17, 15) is 4.79 Å². The number of hydrogen-bond acceptors (Lipinski definition) is 6. The molecule has 0 fully saturated rings. The van der Waals surface area contributed by atoms with E-state index in [2.05, 4.69) is 33.8 Å². The van der Waals surface area contributed by atoms with Crippen LogP contribution in [0.1, 0.15) is 13.8 Å². The highest BCUT2D eigenvalue weighted by Crippen LogP contribution is 2.31. The van der Waals surface area contributed by atoms with Crippen LogP contribution in [0.2, 0.25) is 0 Å². The van der Waals surface area contributed by atoms with E-state index in [-0.39, 0.29) is 5.56 Å². The summed E-state index contributed by atoms with van der Waals surface area (Å²) in [5.74, 6) is 1.48. The number of hydrogen-bond donors (Lipinski definition) is 1. The number of nitrogens with one attached hydrogen (secondary N) is 1. The van der Waals surface area contributed by atoms with Crippen molar-refractivity contribution >= 4 is 21.6 Å². The Morgan fingerprint density at radius 2 is 2.07 bits per heavy atom. The standard InChI is InChI=1S/C20H18N4O2S/c1-12(2)10-26-16-7-6-13(9-22-16)14-11-27-18-17(14)23-19(24-20(18)25)15-5-3-4-8-21-15/h3-9,11-12H,10H2,1-2H3,(H,23,24,25). The van der Waals surface area contributed by atoms with Gasteiger partial charge in [0, 0.05) is 35.0 Å². The minimum atomic E-state index is -0.165. The molecule has 0 spiro atoms. The Morgan fingerprint density at radius 3 is 2.78 bits per heavy atom. The Morgan fingerprint density at radius 1 is 1.19 bits per heavy atom. The van der Waals surface area contributed by atoms with E-state index in [4.69, 9.17) is 4.74 Å². The van der Waals surface area contributed by atoms with Crippen LogP contribution in [0.15, 0.2) is 52.9 Å². The van der Waals surface area contributed by atoms with Gasteiger partial charge in [-0.2, -0.15) is 0 Å². The maximum absolute atomic E-state index is 12.5. The van der Waals surface area contributed by atoms with Crippen molar-refractivity contribution in [2.75, 3.05) is 6.61 Å². The van der Waals surface area contributed by atoms with Gasteiger partial charge in [-0.1, -0.05) is 19.9 Å². The first-order valence-corrected chi connectivity index (χ1v) is 9.52. The lowest BCUT2D eigenvalue weighted by Gasteiger charge is -2.08. The van der Waals surface area contributed by atoms with Gasteiger partial charge in [-0.05, 0) is 24.1 Å². The molecule has 0 saturated carbocycles. The van der Waals surface area contributed by atoms with Crippen LogP contribution in [0.5, 0.6) is 5.88 Å². The number of aromatic amines is 1. The molecule has 0 aliphatic heterocycles. The first kappa shape index (κ1) is 17.4. The summed E-state index contributed by atoms with van der Waals surface area (Å²) in [6, 6.07) is 9.28. The number of thiophene rings is 1. The molecule has 1 N–H and O–H groups in total. The molecule has 0 radical (unpaired) electrons. The molecule has 0 aliphatic carbocycles. The second-order valence-electron chi connectivity index (χ2n) is 6.55. The van der Waals surface area contributed by atoms with Gasteiger partial charge >= 0.3 is 0 Å². The third-order valence-electron chi connectivity index (χ3n) is 3.95. The lowest BCUT2D eigenvalue weighted by Crippen LogP contribution is -2.08. The van der Waals surface area contributed by atoms with Crippen LogP contribution >= 0.6 is 11.3 Å². The van der Waals surface area contributed by atoms with Crippen LogP contribution in [0, 0.1) is 5.92 Å². The molecule has 0 amide bonds. The van der Waals surface area contributed by atoms with Crippen molar-refractivity contribution in [2.24, 2.45) is 5.92 Å². The minimum Gasteiger partial charge on any atom is -0.477 e. The number of H-pyrrole nitrogens is 1. The van der Waals surface area contributed by atoms with Crippen molar-refractivity contribution in [2.45, 2.75) is 13.8 Å². The molecule has 7 heteroatoms. The summed E-state index contributed by atoms with van der Waals surface area (Å²) in [4.78, 5) is 28.6. The van der Waals surface area contributed by atoms with Gasteiger partial charge in [0.2, 0.25) is 5.88 Å². The molecule has 0 atom stereocenters. The van der Waals surface area contributed by atoms with Gasteiger partial charge in [-0.15, -0.1) is 11.3 Å². The second-order valence-corrected chi connectivity index (χ2v) is 7.43. The fourth-order valence-corrected chi connectivity index (χ4v) is 3.54.